The van der Waals surface area contributed by atoms with Crippen LogP contribution >= 0.6 is 0 Å². The first-order valence-electron chi connectivity index (χ1n) is 6.21. The van der Waals surface area contributed by atoms with Crippen LogP contribution in [0.5, 0.6) is 0 Å². The molecule has 19 heavy (non-hydrogen) atoms. The van der Waals surface area contributed by atoms with E-state index >= 15 is 0 Å². The minimum atomic E-state index is 0.255. The average Bonchev–Trinajstić information content (AvgIpc) is 3.06. The zero-order chi connectivity index (χ0) is 13.2. The van der Waals surface area contributed by atoms with Crippen molar-refractivity contribution >= 4 is 17.0 Å². The third kappa shape index (κ3) is 2.29. The van der Waals surface area contributed by atoms with E-state index in [0.29, 0.717) is 12.2 Å². The summed E-state index contributed by atoms with van der Waals surface area (Å²) < 4.78 is 5.29. The molecule has 98 valence electrons. The maximum absolute atomic E-state index is 5.29. The molecule has 0 unspecified atom stereocenters. The second-order valence-electron chi connectivity index (χ2n) is 4.62. The van der Waals surface area contributed by atoms with E-state index in [4.69, 9.17) is 4.42 Å². The van der Waals surface area contributed by atoms with Crippen molar-refractivity contribution in [2.75, 3.05) is 5.32 Å². The highest BCUT2D eigenvalue weighted by Crippen LogP contribution is 2.20. The van der Waals surface area contributed by atoms with E-state index in [1.807, 2.05) is 12.1 Å². The third-order valence-electron chi connectivity index (χ3n) is 2.83. The molecular weight excluding hydrogens is 242 g/mol. The van der Waals surface area contributed by atoms with Crippen molar-refractivity contribution in [1.82, 2.24) is 19.9 Å². The summed E-state index contributed by atoms with van der Waals surface area (Å²) in [5.74, 6) is 2.65. The monoisotopic (exact) mass is 257 g/mol. The Morgan fingerprint density at radius 2 is 2.26 bits per heavy atom. The summed E-state index contributed by atoms with van der Waals surface area (Å²) in [4.78, 5) is 16.2. The van der Waals surface area contributed by atoms with Gasteiger partial charge in [-0.3, -0.25) is 0 Å². The van der Waals surface area contributed by atoms with Gasteiger partial charge in [0.1, 0.15) is 17.1 Å². The first kappa shape index (κ1) is 11.7. The SMILES string of the molecule is CC(C)c1nc(NCc2ccco2)c2[nH]cnc2n1. The summed E-state index contributed by atoms with van der Waals surface area (Å²) in [5, 5.41) is 3.26. The number of H-pyrrole nitrogens is 1. The minimum absolute atomic E-state index is 0.255. The molecule has 0 aromatic carbocycles. The molecule has 0 fully saturated rings. The van der Waals surface area contributed by atoms with Gasteiger partial charge in [0, 0.05) is 5.92 Å². The van der Waals surface area contributed by atoms with Crippen LogP contribution in [0.1, 0.15) is 31.4 Å². The number of imidazole rings is 1. The maximum atomic E-state index is 5.29. The lowest BCUT2D eigenvalue weighted by atomic mass is 10.2. The average molecular weight is 257 g/mol. The van der Waals surface area contributed by atoms with Gasteiger partial charge in [0.2, 0.25) is 0 Å². The van der Waals surface area contributed by atoms with Crippen molar-refractivity contribution in [3.63, 3.8) is 0 Å². The van der Waals surface area contributed by atoms with Crippen LogP contribution in [0.2, 0.25) is 0 Å². The van der Waals surface area contributed by atoms with Crippen molar-refractivity contribution in [1.29, 1.82) is 0 Å². The first-order valence-corrected chi connectivity index (χ1v) is 6.21. The van der Waals surface area contributed by atoms with Gasteiger partial charge in [0.15, 0.2) is 11.5 Å². The Labute approximate surface area is 110 Å². The van der Waals surface area contributed by atoms with E-state index in [1.165, 1.54) is 0 Å². The lowest BCUT2D eigenvalue weighted by molar-refractivity contribution is 0.518. The Balaban J connectivity index is 1.94. The highest BCUT2D eigenvalue weighted by atomic mass is 16.3. The summed E-state index contributed by atoms with van der Waals surface area (Å²) in [6.07, 6.45) is 3.28. The van der Waals surface area contributed by atoms with E-state index in [0.717, 1.165) is 22.9 Å². The second-order valence-corrected chi connectivity index (χ2v) is 4.62. The molecule has 3 heterocycles. The number of nitrogens with zero attached hydrogens (tertiary/aromatic N) is 3. The topological polar surface area (TPSA) is 79.6 Å². The Hall–Kier alpha value is -2.37. The fraction of sp³-hybridized carbons (Fsp3) is 0.308. The highest BCUT2D eigenvalue weighted by Gasteiger charge is 2.12. The predicted octanol–water partition coefficient (Wildman–Crippen LogP) is 2.68. The summed E-state index contributed by atoms with van der Waals surface area (Å²) in [7, 11) is 0. The normalized spacial score (nSPS) is 11.3. The number of aromatic nitrogens is 4. The Morgan fingerprint density at radius 3 is 3.00 bits per heavy atom. The first-order chi connectivity index (χ1) is 9.24. The van der Waals surface area contributed by atoms with E-state index in [2.05, 4.69) is 39.1 Å². The van der Waals surface area contributed by atoms with Gasteiger partial charge in [-0.05, 0) is 12.1 Å². The largest absolute Gasteiger partial charge is 0.467 e. The van der Waals surface area contributed by atoms with Crippen LogP contribution in [0.4, 0.5) is 5.82 Å². The van der Waals surface area contributed by atoms with Gasteiger partial charge in [0.25, 0.3) is 0 Å². The molecule has 0 bridgehead atoms. The fourth-order valence-corrected chi connectivity index (χ4v) is 1.82. The minimum Gasteiger partial charge on any atom is -0.467 e. The van der Waals surface area contributed by atoms with Gasteiger partial charge < -0.3 is 14.7 Å². The summed E-state index contributed by atoms with van der Waals surface area (Å²) >= 11 is 0. The highest BCUT2D eigenvalue weighted by molar-refractivity contribution is 5.82. The summed E-state index contributed by atoms with van der Waals surface area (Å²) in [5.41, 5.74) is 1.50. The van der Waals surface area contributed by atoms with Gasteiger partial charge in [0.05, 0.1) is 19.1 Å². The van der Waals surface area contributed by atoms with E-state index in [1.54, 1.807) is 12.6 Å². The molecule has 0 atom stereocenters. The Bertz CT molecular complexity index is 671. The standard InChI is InChI=1S/C13H15N5O/c1-8(2)11-17-12(10-13(18-11)16-7-15-10)14-6-9-4-3-5-19-9/h3-5,7-8H,6H2,1-2H3,(H2,14,15,16,17,18). The van der Waals surface area contributed by atoms with E-state index in [-0.39, 0.29) is 5.92 Å². The molecule has 0 amide bonds. The molecule has 2 N–H and O–H groups in total. The number of hydrogen-bond donors (Lipinski definition) is 2. The number of rotatable bonds is 4. The van der Waals surface area contributed by atoms with Crippen LogP contribution < -0.4 is 5.32 Å². The van der Waals surface area contributed by atoms with Crippen LogP contribution in [0.25, 0.3) is 11.2 Å². The van der Waals surface area contributed by atoms with Crippen molar-refractivity contribution in [3.8, 4) is 0 Å². The molecule has 0 saturated carbocycles. The summed E-state index contributed by atoms with van der Waals surface area (Å²) in [6.45, 7) is 4.70. The number of fused-ring (bicyclic) bond motifs is 1. The molecule has 0 saturated heterocycles. The molecular formula is C13H15N5O. The van der Waals surface area contributed by atoms with Crippen LogP contribution in [-0.4, -0.2) is 19.9 Å². The van der Waals surface area contributed by atoms with Crippen LogP contribution in [0, 0.1) is 0 Å². The predicted molar refractivity (Wildman–Crippen MR) is 71.8 cm³/mol. The number of anilines is 1. The van der Waals surface area contributed by atoms with Crippen molar-refractivity contribution in [2.45, 2.75) is 26.3 Å². The molecule has 0 aliphatic heterocycles. The second kappa shape index (κ2) is 4.72. The third-order valence-corrected chi connectivity index (χ3v) is 2.83. The van der Waals surface area contributed by atoms with Crippen LogP contribution in [0.15, 0.2) is 29.1 Å². The molecule has 6 heteroatoms. The molecule has 0 spiro atoms. The lowest BCUT2D eigenvalue weighted by Crippen LogP contribution is -2.06. The van der Waals surface area contributed by atoms with Crippen molar-refractivity contribution < 1.29 is 4.42 Å². The number of nitrogens with one attached hydrogen (secondary N) is 2. The van der Waals surface area contributed by atoms with Gasteiger partial charge in [-0.15, -0.1) is 0 Å². The number of hydrogen-bond acceptors (Lipinski definition) is 5. The zero-order valence-corrected chi connectivity index (χ0v) is 10.8. The van der Waals surface area contributed by atoms with Crippen LogP contribution in [0.3, 0.4) is 0 Å². The summed E-state index contributed by atoms with van der Waals surface area (Å²) in [6, 6.07) is 3.78. The van der Waals surface area contributed by atoms with Crippen LogP contribution in [-0.2, 0) is 6.54 Å². The molecule has 0 aliphatic carbocycles. The molecule has 0 aliphatic rings. The van der Waals surface area contributed by atoms with E-state index in [9.17, 15) is 0 Å². The molecule has 0 radical (unpaired) electrons. The molecule has 3 rings (SSSR count). The molecule has 6 nitrogen and oxygen atoms in total. The lowest BCUT2D eigenvalue weighted by Gasteiger charge is -2.08. The van der Waals surface area contributed by atoms with Gasteiger partial charge in [-0.25, -0.2) is 15.0 Å². The van der Waals surface area contributed by atoms with Gasteiger partial charge >= 0.3 is 0 Å². The Morgan fingerprint density at radius 1 is 1.37 bits per heavy atom. The quantitative estimate of drug-likeness (QED) is 0.751. The fourth-order valence-electron chi connectivity index (χ4n) is 1.82. The van der Waals surface area contributed by atoms with Crippen molar-refractivity contribution in [3.05, 3.63) is 36.3 Å². The van der Waals surface area contributed by atoms with E-state index < -0.39 is 0 Å². The number of furan rings is 1. The van der Waals surface area contributed by atoms with Crippen molar-refractivity contribution in [2.24, 2.45) is 0 Å². The van der Waals surface area contributed by atoms with Gasteiger partial charge in [-0.2, -0.15) is 0 Å². The van der Waals surface area contributed by atoms with Gasteiger partial charge in [-0.1, -0.05) is 13.8 Å². The molecule has 3 aromatic heterocycles. The zero-order valence-electron chi connectivity index (χ0n) is 10.8. The molecule has 3 aromatic rings. The smallest absolute Gasteiger partial charge is 0.183 e. The number of aromatic amines is 1. The Kier molecular flexibility index (Phi) is 2.91. The maximum Gasteiger partial charge on any atom is 0.183 e.